The first-order valence-corrected chi connectivity index (χ1v) is 10.2. The molecule has 2 aromatic carbocycles. The molecule has 0 aliphatic carbocycles. The maximum Gasteiger partial charge on any atom is 0.408 e. The molecule has 0 aromatic heterocycles. The number of carbonyl (C=O) groups is 2. The fourth-order valence-corrected chi connectivity index (χ4v) is 3.19. The Morgan fingerprint density at radius 1 is 1.06 bits per heavy atom. The van der Waals surface area contributed by atoms with Crippen molar-refractivity contribution < 1.29 is 33.7 Å². The Balaban J connectivity index is 2.30. The number of ether oxygens (including phenoxy) is 4. The van der Waals surface area contributed by atoms with Crippen LogP contribution in [0.5, 0.6) is 11.5 Å². The van der Waals surface area contributed by atoms with Crippen LogP contribution >= 0.6 is 0 Å². The average molecular weight is 459 g/mol. The Kier molecular flexibility index (Phi) is 8.67. The van der Waals surface area contributed by atoms with E-state index in [9.17, 15) is 9.59 Å². The van der Waals surface area contributed by atoms with Crippen LogP contribution in [0.3, 0.4) is 0 Å². The number of esters is 1. The van der Waals surface area contributed by atoms with Crippen molar-refractivity contribution in [2.45, 2.75) is 38.8 Å². The van der Waals surface area contributed by atoms with Gasteiger partial charge in [-0.2, -0.15) is 0 Å². The predicted octanol–water partition coefficient (Wildman–Crippen LogP) is 3.79. The fraction of sp³-hybridized carbons (Fsp3) is 0.375. The first-order chi connectivity index (χ1) is 15.6. The van der Waals surface area contributed by atoms with Crippen molar-refractivity contribution in [1.82, 2.24) is 5.32 Å². The topological polar surface area (TPSA) is 116 Å². The number of alkyl carbamates (subject to hydrolysis) is 1. The lowest BCUT2D eigenvalue weighted by molar-refractivity contribution is -0.143. The van der Waals surface area contributed by atoms with Crippen LogP contribution in [0.4, 0.5) is 4.79 Å². The van der Waals surface area contributed by atoms with Gasteiger partial charge in [0, 0.05) is 12.0 Å². The molecule has 2 aromatic rings. The number of benzene rings is 2. The highest BCUT2D eigenvalue weighted by Gasteiger charge is 2.25. The van der Waals surface area contributed by atoms with Crippen LogP contribution < -0.4 is 14.8 Å². The summed E-state index contributed by atoms with van der Waals surface area (Å²) in [5.74, 6) is 0.501. The lowest BCUT2D eigenvalue weighted by Crippen LogP contribution is -2.45. The van der Waals surface area contributed by atoms with Gasteiger partial charge in [0.15, 0.2) is 0 Å². The molecule has 1 amide bonds. The smallest absolute Gasteiger partial charge is 0.408 e. The number of methoxy groups -OCH3 is 3. The third-order valence-electron chi connectivity index (χ3n) is 4.59. The number of hydrogen-bond acceptors (Lipinski definition) is 8. The van der Waals surface area contributed by atoms with Crippen LogP contribution in [0.1, 0.15) is 31.9 Å². The van der Waals surface area contributed by atoms with Gasteiger partial charge in [-0.15, -0.1) is 0 Å². The van der Waals surface area contributed by atoms with Crippen molar-refractivity contribution in [3.8, 4) is 22.6 Å². The molecule has 9 heteroatoms. The average Bonchev–Trinajstić information content (AvgIpc) is 2.77. The number of amides is 1. The van der Waals surface area contributed by atoms with E-state index in [1.54, 1.807) is 32.9 Å². The van der Waals surface area contributed by atoms with Gasteiger partial charge in [-0.3, -0.25) is 0 Å². The van der Waals surface area contributed by atoms with Crippen LogP contribution in [0, 0.1) is 0 Å². The molecule has 0 fully saturated rings. The first kappa shape index (κ1) is 25.5. The van der Waals surface area contributed by atoms with Crippen molar-refractivity contribution in [3.05, 3.63) is 47.5 Å². The minimum Gasteiger partial charge on any atom is -0.496 e. The van der Waals surface area contributed by atoms with Crippen molar-refractivity contribution in [1.29, 1.82) is 0 Å². The normalized spacial score (nSPS) is 12.2. The summed E-state index contributed by atoms with van der Waals surface area (Å²) < 4.78 is 21.1. The number of rotatable bonds is 8. The van der Waals surface area contributed by atoms with Crippen LogP contribution in [-0.4, -0.2) is 56.5 Å². The maximum absolute atomic E-state index is 12.2. The summed E-state index contributed by atoms with van der Waals surface area (Å²) in [7, 11) is 4.34. The third-order valence-corrected chi connectivity index (χ3v) is 4.59. The molecule has 0 bridgehead atoms. The molecule has 1 atom stereocenters. The van der Waals surface area contributed by atoms with Gasteiger partial charge in [0.05, 0.1) is 33.1 Å². The minimum absolute atomic E-state index is 0.215. The molecule has 2 N–H and O–H groups in total. The highest BCUT2D eigenvalue weighted by atomic mass is 16.6. The molecule has 178 valence electrons. The van der Waals surface area contributed by atoms with Gasteiger partial charge in [0.2, 0.25) is 0 Å². The molecule has 0 radical (unpaired) electrons. The molecular weight excluding hydrogens is 428 g/mol. The van der Waals surface area contributed by atoms with E-state index in [0.29, 0.717) is 17.1 Å². The molecule has 0 aliphatic rings. The van der Waals surface area contributed by atoms with E-state index in [2.05, 4.69) is 10.5 Å². The molecule has 0 saturated heterocycles. The van der Waals surface area contributed by atoms with Crippen molar-refractivity contribution in [2.24, 2.45) is 5.16 Å². The fourth-order valence-electron chi connectivity index (χ4n) is 3.19. The van der Waals surface area contributed by atoms with E-state index < -0.39 is 23.7 Å². The molecular formula is C24H30N2O7. The highest BCUT2D eigenvalue weighted by Crippen LogP contribution is 2.39. The zero-order chi connectivity index (χ0) is 24.6. The highest BCUT2D eigenvalue weighted by molar-refractivity contribution is 5.86. The number of oxime groups is 1. The number of hydrogen-bond donors (Lipinski definition) is 2. The third kappa shape index (κ3) is 7.13. The van der Waals surface area contributed by atoms with Crippen LogP contribution in [-0.2, 0) is 20.7 Å². The number of nitrogens with zero attached hydrogens (tertiary/aromatic N) is 1. The largest absolute Gasteiger partial charge is 0.496 e. The van der Waals surface area contributed by atoms with E-state index in [4.69, 9.17) is 24.2 Å². The minimum atomic E-state index is -0.906. The van der Waals surface area contributed by atoms with Gasteiger partial charge < -0.3 is 29.5 Å². The summed E-state index contributed by atoms with van der Waals surface area (Å²) in [5, 5.41) is 14.4. The van der Waals surface area contributed by atoms with Crippen molar-refractivity contribution in [3.63, 3.8) is 0 Å². The monoisotopic (exact) mass is 458 g/mol. The van der Waals surface area contributed by atoms with E-state index in [1.165, 1.54) is 27.5 Å². The van der Waals surface area contributed by atoms with E-state index in [-0.39, 0.29) is 6.42 Å². The Hall–Kier alpha value is -3.75. The molecule has 0 spiro atoms. The number of nitrogens with one attached hydrogen (secondary N) is 1. The Labute approximate surface area is 193 Å². The predicted molar refractivity (Wildman–Crippen MR) is 123 cm³/mol. The van der Waals surface area contributed by atoms with Gasteiger partial charge in [-0.25, -0.2) is 9.59 Å². The molecule has 0 heterocycles. The summed E-state index contributed by atoms with van der Waals surface area (Å²) >= 11 is 0. The SMILES string of the molecule is COC(=O)[C@H](Cc1ccc(-c2c(OC)cc(/C=N\O)cc2OC)cc1)NC(=O)OC(C)(C)C. The number of carbonyl (C=O) groups excluding carboxylic acids is 2. The lowest BCUT2D eigenvalue weighted by Gasteiger charge is -2.22. The van der Waals surface area contributed by atoms with Crippen molar-refractivity contribution >= 4 is 18.3 Å². The summed E-state index contributed by atoms with van der Waals surface area (Å²) in [5.41, 5.74) is 2.25. The zero-order valence-corrected chi connectivity index (χ0v) is 19.7. The second-order valence-corrected chi connectivity index (χ2v) is 8.17. The summed E-state index contributed by atoms with van der Waals surface area (Å²) in [6.45, 7) is 5.22. The summed E-state index contributed by atoms with van der Waals surface area (Å²) in [6, 6.07) is 9.94. The second kappa shape index (κ2) is 11.2. The Morgan fingerprint density at radius 2 is 1.64 bits per heavy atom. The molecule has 9 nitrogen and oxygen atoms in total. The second-order valence-electron chi connectivity index (χ2n) is 8.17. The Morgan fingerprint density at radius 3 is 2.09 bits per heavy atom. The van der Waals surface area contributed by atoms with E-state index >= 15 is 0 Å². The van der Waals surface area contributed by atoms with Crippen molar-refractivity contribution in [2.75, 3.05) is 21.3 Å². The lowest BCUT2D eigenvalue weighted by atomic mass is 9.98. The van der Waals surface area contributed by atoms with E-state index in [1.807, 2.05) is 24.3 Å². The molecule has 33 heavy (non-hydrogen) atoms. The van der Waals surface area contributed by atoms with Gasteiger partial charge in [-0.1, -0.05) is 29.4 Å². The Bertz CT molecular complexity index is 970. The standard InChI is InChI=1S/C24H30N2O7/c1-24(2,3)33-23(28)26-18(22(27)32-6)11-15-7-9-17(10-8-15)21-19(30-4)12-16(14-25-29)13-20(21)31-5/h7-10,12-14,18,29H,11H2,1-6H3,(H,26,28)/b25-14-/t18-/m0/s1. The molecule has 0 saturated carbocycles. The van der Waals surface area contributed by atoms with E-state index in [0.717, 1.165) is 16.7 Å². The summed E-state index contributed by atoms with van der Waals surface area (Å²) in [6.07, 6.45) is 0.796. The van der Waals surface area contributed by atoms with Crippen LogP contribution in [0.25, 0.3) is 11.1 Å². The quantitative estimate of drug-likeness (QED) is 0.268. The zero-order valence-electron chi connectivity index (χ0n) is 19.7. The van der Waals surface area contributed by atoms with Gasteiger partial charge in [0.25, 0.3) is 0 Å². The van der Waals surface area contributed by atoms with Gasteiger partial charge in [-0.05, 0) is 44.0 Å². The molecule has 0 aliphatic heterocycles. The maximum atomic E-state index is 12.2. The molecule has 0 unspecified atom stereocenters. The first-order valence-electron chi connectivity index (χ1n) is 10.2. The van der Waals surface area contributed by atoms with Gasteiger partial charge >= 0.3 is 12.1 Å². The molecule has 2 rings (SSSR count). The van der Waals surface area contributed by atoms with Crippen LogP contribution in [0.2, 0.25) is 0 Å². The summed E-state index contributed by atoms with van der Waals surface area (Å²) in [4.78, 5) is 24.3. The van der Waals surface area contributed by atoms with Gasteiger partial charge in [0.1, 0.15) is 23.1 Å². The van der Waals surface area contributed by atoms with Crippen LogP contribution in [0.15, 0.2) is 41.6 Å².